The van der Waals surface area contributed by atoms with E-state index in [1.807, 2.05) is 0 Å². The van der Waals surface area contributed by atoms with Crippen LogP contribution in [-0.4, -0.2) is 35.8 Å². The third kappa shape index (κ3) is 7.69. The minimum Gasteiger partial charge on any atom is -0.285 e. The Hall–Kier alpha value is -6.10. The molecular weight excluding hydrogens is 656 g/mol. The summed E-state index contributed by atoms with van der Waals surface area (Å²) in [5.74, 6) is 0. The molecule has 0 aliphatic rings. The van der Waals surface area contributed by atoms with Crippen LogP contribution in [0.3, 0.4) is 0 Å². The van der Waals surface area contributed by atoms with Crippen LogP contribution in [-0.2, 0) is 20.2 Å². The van der Waals surface area contributed by atoms with Gasteiger partial charge in [-0.05, 0) is 42.5 Å². The number of anilines is 2. The molecular formula is C24H16N8O12S2. The molecule has 4 aromatic rings. The Balaban J connectivity index is 1.85. The highest BCUT2D eigenvalue weighted by Gasteiger charge is 2.21. The highest BCUT2D eigenvalue weighted by atomic mass is 32.2. The first-order chi connectivity index (χ1) is 21.5. The molecule has 0 radical (unpaired) electrons. The van der Waals surface area contributed by atoms with E-state index >= 15 is 0 Å². The molecule has 4 rings (SSSR count). The molecule has 4 aromatic carbocycles. The zero-order valence-electron chi connectivity index (χ0n) is 22.4. The van der Waals surface area contributed by atoms with E-state index < -0.39 is 78.5 Å². The van der Waals surface area contributed by atoms with Crippen molar-refractivity contribution in [3.63, 3.8) is 0 Å². The summed E-state index contributed by atoms with van der Waals surface area (Å²) in [7, 11) is -9.56. The van der Waals surface area contributed by atoms with E-state index in [0.29, 0.717) is 6.07 Å². The first-order valence-electron chi connectivity index (χ1n) is 12.0. The predicted molar refractivity (Wildman–Crippen MR) is 156 cm³/mol. The first kappa shape index (κ1) is 32.8. The van der Waals surface area contributed by atoms with Crippen molar-refractivity contribution >= 4 is 54.4 Å². The van der Waals surface area contributed by atoms with Crippen molar-refractivity contribution in [2.24, 2.45) is 20.4 Å². The molecule has 0 aromatic heterocycles. The van der Waals surface area contributed by atoms with Gasteiger partial charge in [0.1, 0.15) is 21.6 Å². The quantitative estimate of drug-likeness (QED) is 0.0809. The number of azo groups is 1. The molecule has 236 valence electrons. The number of rotatable bonds is 10. The number of nitro benzene ring substituents is 2. The molecule has 0 atom stereocenters. The fourth-order valence-electron chi connectivity index (χ4n) is 3.48. The van der Waals surface area contributed by atoms with E-state index in [4.69, 9.17) is 4.55 Å². The second kappa shape index (κ2) is 12.9. The summed E-state index contributed by atoms with van der Waals surface area (Å²) in [5.41, 5.74) is 0.608. The molecule has 0 heterocycles. The Kier molecular flexibility index (Phi) is 9.18. The van der Waals surface area contributed by atoms with Gasteiger partial charge in [-0.3, -0.25) is 49.8 Å². The summed E-state index contributed by atoms with van der Waals surface area (Å²) < 4.78 is 64.9. The van der Waals surface area contributed by atoms with Crippen molar-refractivity contribution in [3.05, 3.63) is 124 Å². The summed E-state index contributed by atoms with van der Waals surface area (Å²) in [4.78, 5) is 45.3. The van der Waals surface area contributed by atoms with Crippen LogP contribution in [0.25, 0.3) is 0 Å². The summed E-state index contributed by atoms with van der Waals surface area (Å²) in [5, 5.41) is 35.5. The van der Waals surface area contributed by atoms with Crippen LogP contribution in [0.2, 0.25) is 0 Å². The molecule has 0 aliphatic carbocycles. The van der Waals surface area contributed by atoms with Crippen molar-refractivity contribution in [1.82, 2.24) is 0 Å². The largest absolute Gasteiger partial charge is 0.297 e. The zero-order valence-corrected chi connectivity index (χ0v) is 24.0. The molecule has 0 unspecified atom stereocenters. The molecule has 0 amide bonds. The lowest BCUT2D eigenvalue weighted by molar-refractivity contribution is -0.385. The number of non-ortho nitro benzene ring substituents is 2. The minimum absolute atomic E-state index is 0.118. The fourth-order valence-corrected chi connectivity index (χ4v) is 4.61. The van der Waals surface area contributed by atoms with E-state index in [0.717, 1.165) is 42.5 Å². The standard InChI is InChI=1S/C24H16N8O12S2/c33-23-19(28-25-14-3-8-17(9-4-14)45(39,40)41)12-20(24(34)22(23)30-26-13-1-5-15(6-2-13)31(35)36)29-27-18-10-7-16(32(37)38)11-21(18)46(42,43)44/h1-12,25-26H,(H,39,40,41)(H,42,43,44)/b28-19+,29-27?,30-22+. The predicted octanol–water partition coefficient (Wildman–Crippen LogP) is 1.86. The van der Waals surface area contributed by atoms with Crippen molar-refractivity contribution in [2.45, 2.75) is 9.79 Å². The van der Waals surface area contributed by atoms with Crippen molar-refractivity contribution in [1.29, 1.82) is 0 Å². The van der Waals surface area contributed by atoms with Gasteiger partial charge in [-0.2, -0.15) is 27.0 Å². The van der Waals surface area contributed by atoms with Gasteiger partial charge in [-0.1, -0.05) is 0 Å². The Morgan fingerprint density at radius 1 is 0.630 bits per heavy atom. The van der Waals surface area contributed by atoms with E-state index in [9.17, 15) is 51.2 Å². The number of nitrogens with one attached hydrogen (secondary N) is 2. The Morgan fingerprint density at radius 3 is 1.70 bits per heavy atom. The normalized spacial score (nSPS) is 12.7. The topological polar surface area (TPSA) is 303 Å². The number of hydrogen-bond donors (Lipinski definition) is 4. The first-order valence-corrected chi connectivity index (χ1v) is 14.9. The average Bonchev–Trinajstić information content (AvgIpc) is 2.99. The van der Waals surface area contributed by atoms with Gasteiger partial charge in [-0.15, -0.1) is 10.2 Å². The maximum absolute atomic E-state index is 13.2. The molecule has 0 spiro atoms. The molecule has 46 heavy (non-hydrogen) atoms. The van der Waals surface area contributed by atoms with Gasteiger partial charge in [0, 0.05) is 30.3 Å². The SMILES string of the molecule is O=c1c(N=Nc2ccc([N+](=O)[O-])cc2S(=O)(=O)O)c/c(=N\Nc2ccc(S(=O)(=O)O)cc2)c(=O)/c1=N\Nc1ccc([N+](=O)[O-])cc1. The maximum atomic E-state index is 13.2. The summed E-state index contributed by atoms with van der Waals surface area (Å²) in [6.07, 6.45) is 0. The van der Waals surface area contributed by atoms with Crippen LogP contribution < -0.4 is 32.4 Å². The number of nitro groups is 2. The van der Waals surface area contributed by atoms with Crippen LogP contribution in [0.4, 0.5) is 34.1 Å². The molecule has 0 saturated carbocycles. The van der Waals surface area contributed by atoms with Crippen molar-refractivity contribution in [2.75, 3.05) is 10.9 Å². The Morgan fingerprint density at radius 2 is 1.15 bits per heavy atom. The Bertz CT molecular complexity index is 2350. The maximum Gasteiger partial charge on any atom is 0.297 e. The third-order valence-corrected chi connectivity index (χ3v) is 7.45. The van der Waals surface area contributed by atoms with Gasteiger partial charge in [-0.25, -0.2) is 0 Å². The second-order valence-electron chi connectivity index (χ2n) is 8.76. The molecule has 0 bridgehead atoms. The van der Waals surface area contributed by atoms with Crippen LogP contribution in [0.1, 0.15) is 0 Å². The van der Waals surface area contributed by atoms with E-state index in [1.54, 1.807) is 0 Å². The number of benzene rings is 4. The van der Waals surface area contributed by atoms with Gasteiger partial charge in [0.05, 0.1) is 26.1 Å². The van der Waals surface area contributed by atoms with Crippen LogP contribution in [0, 0.1) is 20.2 Å². The van der Waals surface area contributed by atoms with Gasteiger partial charge >= 0.3 is 0 Å². The van der Waals surface area contributed by atoms with Gasteiger partial charge < -0.3 is 0 Å². The van der Waals surface area contributed by atoms with Gasteiger partial charge in [0.2, 0.25) is 10.9 Å². The van der Waals surface area contributed by atoms with Gasteiger partial charge in [0.25, 0.3) is 31.6 Å². The zero-order chi connectivity index (χ0) is 33.8. The summed E-state index contributed by atoms with van der Waals surface area (Å²) >= 11 is 0. The smallest absolute Gasteiger partial charge is 0.285 e. The third-order valence-electron chi connectivity index (χ3n) is 5.70. The van der Waals surface area contributed by atoms with Crippen molar-refractivity contribution in [3.8, 4) is 0 Å². The number of nitrogens with zero attached hydrogens (tertiary/aromatic N) is 6. The van der Waals surface area contributed by atoms with Crippen LogP contribution in [0.15, 0.2) is 113 Å². The molecule has 0 aliphatic heterocycles. The number of hydrogen-bond acceptors (Lipinski definition) is 16. The van der Waals surface area contributed by atoms with Crippen LogP contribution >= 0.6 is 0 Å². The summed E-state index contributed by atoms with van der Waals surface area (Å²) in [6.45, 7) is 0. The molecule has 22 heteroatoms. The fraction of sp³-hybridized carbons (Fsp3) is 0. The van der Waals surface area contributed by atoms with E-state index in [1.165, 1.54) is 24.3 Å². The van der Waals surface area contributed by atoms with Gasteiger partial charge in [0.15, 0.2) is 5.36 Å². The lowest BCUT2D eigenvalue weighted by Crippen LogP contribution is -2.48. The monoisotopic (exact) mass is 672 g/mol. The molecule has 4 N–H and O–H groups in total. The van der Waals surface area contributed by atoms with E-state index in [-0.39, 0.29) is 17.1 Å². The minimum atomic E-state index is -5.07. The molecule has 0 saturated heterocycles. The Labute approximate surface area is 255 Å². The highest BCUT2D eigenvalue weighted by Crippen LogP contribution is 2.29. The average molecular weight is 673 g/mol. The molecule has 20 nitrogen and oxygen atoms in total. The van der Waals surface area contributed by atoms with Crippen molar-refractivity contribution < 1.29 is 35.8 Å². The highest BCUT2D eigenvalue weighted by molar-refractivity contribution is 7.86. The molecule has 0 fully saturated rings. The lowest BCUT2D eigenvalue weighted by Gasteiger charge is -2.02. The lowest BCUT2D eigenvalue weighted by atomic mass is 10.2. The summed E-state index contributed by atoms with van der Waals surface area (Å²) in [6, 6.07) is 12.2. The second-order valence-corrected chi connectivity index (χ2v) is 11.6. The van der Waals surface area contributed by atoms with Crippen LogP contribution in [0.5, 0.6) is 0 Å². The van der Waals surface area contributed by atoms with E-state index in [2.05, 4.69) is 31.3 Å².